The lowest BCUT2D eigenvalue weighted by Crippen LogP contribution is -2.67. The summed E-state index contributed by atoms with van der Waals surface area (Å²) in [5.74, 6) is -27.9. The number of hydrogen-bond donors (Lipinski definition) is 0. The molecule has 1 atom stereocenters. The first-order valence-electron chi connectivity index (χ1n) is 7.47. The second-order valence-corrected chi connectivity index (χ2v) is 6.41. The molecule has 0 spiro atoms. The summed E-state index contributed by atoms with van der Waals surface area (Å²) in [5.41, 5.74) is -2.16. The van der Waals surface area contributed by atoms with Crippen molar-refractivity contribution in [2.75, 3.05) is 7.11 Å². The van der Waals surface area contributed by atoms with E-state index in [1.807, 2.05) is 0 Å². The molecule has 0 saturated carbocycles. The van der Waals surface area contributed by atoms with Crippen molar-refractivity contribution < 1.29 is 53.0 Å². The topological polar surface area (TPSA) is 9.23 Å². The SMILES string of the molecule is COC(C)(CC(F)(F)C(F)(F)C(F)(F)C(F)(F)C(F)(F)F)c1cccc(C)c1. The van der Waals surface area contributed by atoms with Crippen LogP contribution in [0.25, 0.3) is 0 Å². The highest BCUT2D eigenvalue weighted by atomic mass is 19.4. The van der Waals surface area contributed by atoms with E-state index in [1.165, 1.54) is 25.1 Å². The van der Waals surface area contributed by atoms with Gasteiger partial charge in [0, 0.05) is 7.11 Å². The van der Waals surface area contributed by atoms with Crippen molar-refractivity contribution in [1.82, 2.24) is 0 Å². The van der Waals surface area contributed by atoms with E-state index in [2.05, 4.69) is 0 Å². The average molecular weight is 432 g/mol. The van der Waals surface area contributed by atoms with Gasteiger partial charge in [-0.05, 0) is 19.4 Å². The van der Waals surface area contributed by atoms with Gasteiger partial charge in [0.1, 0.15) is 0 Å². The Morgan fingerprint density at radius 2 is 1.29 bits per heavy atom. The lowest BCUT2D eigenvalue weighted by molar-refractivity contribution is -0.424. The summed E-state index contributed by atoms with van der Waals surface area (Å²) in [6.45, 7) is 2.26. The minimum atomic E-state index is -7.43. The molecule has 0 radical (unpaired) electrons. The molecule has 0 saturated heterocycles. The Morgan fingerprint density at radius 3 is 1.68 bits per heavy atom. The molecule has 0 fully saturated rings. The first kappa shape index (κ1) is 24.4. The maximum Gasteiger partial charge on any atom is 0.460 e. The number of rotatable bonds is 7. The van der Waals surface area contributed by atoms with Crippen molar-refractivity contribution in [3.63, 3.8) is 0 Å². The van der Waals surface area contributed by atoms with E-state index in [0.717, 1.165) is 20.1 Å². The molecule has 0 amide bonds. The Labute approximate surface area is 152 Å². The lowest BCUT2D eigenvalue weighted by Gasteiger charge is -2.40. The predicted octanol–water partition coefficient (Wildman–Crippen LogP) is 6.35. The number of halogens is 11. The zero-order valence-corrected chi connectivity index (χ0v) is 14.6. The first-order chi connectivity index (χ1) is 12.3. The van der Waals surface area contributed by atoms with Gasteiger partial charge < -0.3 is 4.74 Å². The number of aryl methyl sites for hydroxylation is 1. The van der Waals surface area contributed by atoms with Crippen molar-refractivity contribution in [2.45, 2.75) is 55.7 Å². The molecule has 12 heteroatoms. The summed E-state index contributed by atoms with van der Waals surface area (Å²) in [4.78, 5) is 0. The molecule has 0 aromatic heterocycles. The van der Waals surface area contributed by atoms with Crippen molar-refractivity contribution in [1.29, 1.82) is 0 Å². The van der Waals surface area contributed by atoms with Gasteiger partial charge in [0.05, 0.1) is 12.0 Å². The van der Waals surface area contributed by atoms with Gasteiger partial charge in [0.15, 0.2) is 0 Å². The van der Waals surface area contributed by atoms with Crippen LogP contribution in [-0.2, 0) is 10.3 Å². The van der Waals surface area contributed by atoms with Crippen molar-refractivity contribution >= 4 is 0 Å². The molecule has 0 aliphatic heterocycles. The van der Waals surface area contributed by atoms with Crippen molar-refractivity contribution in [3.05, 3.63) is 35.4 Å². The Morgan fingerprint density at radius 1 is 0.786 bits per heavy atom. The van der Waals surface area contributed by atoms with Crippen LogP contribution < -0.4 is 0 Å². The van der Waals surface area contributed by atoms with Crippen LogP contribution in [-0.4, -0.2) is 37.0 Å². The largest absolute Gasteiger partial charge is 0.460 e. The quantitative estimate of drug-likeness (QED) is 0.457. The number of alkyl halides is 11. The van der Waals surface area contributed by atoms with Crippen LogP contribution in [0.1, 0.15) is 24.5 Å². The molecule has 0 heterocycles. The molecule has 1 aromatic carbocycles. The third kappa shape index (κ3) is 3.79. The van der Waals surface area contributed by atoms with E-state index in [0.29, 0.717) is 5.56 Å². The van der Waals surface area contributed by atoms with Gasteiger partial charge in [-0.15, -0.1) is 0 Å². The highest BCUT2D eigenvalue weighted by molar-refractivity contribution is 5.28. The molecular formula is C16H15F11O. The maximum atomic E-state index is 14.1. The van der Waals surface area contributed by atoms with Gasteiger partial charge >= 0.3 is 29.9 Å². The fraction of sp³-hybridized carbons (Fsp3) is 0.625. The molecular weight excluding hydrogens is 417 g/mol. The zero-order chi connectivity index (χ0) is 22.4. The molecule has 0 bridgehead atoms. The second-order valence-electron chi connectivity index (χ2n) is 6.41. The summed E-state index contributed by atoms with van der Waals surface area (Å²) in [5, 5.41) is 0. The number of benzene rings is 1. The van der Waals surface area contributed by atoms with Gasteiger partial charge in [-0.2, -0.15) is 48.3 Å². The van der Waals surface area contributed by atoms with E-state index in [4.69, 9.17) is 4.74 Å². The van der Waals surface area contributed by atoms with Crippen LogP contribution in [0, 0.1) is 6.92 Å². The number of methoxy groups -OCH3 is 1. The third-order valence-electron chi connectivity index (χ3n) is 4.24. The van der Waals surface area contributed by atoms with Crippen LogP contribution in [0.2, 0.25) is 0 Å². The van der Waals surface area contributed by atoms with Gasteiger partial charge in [0.25, 0.3) is 0 Å². The molecule has 1 unspecified atom stereocenters. The van der Waals surface area contributed by atoms with Crippen LogP contribution in [0.15, 0.2) is 24.3 Å². The Kier molecular flexibility index (Phi) is 6.14. The van der Waals surface area contributed by atoms with Gasteiger partial charge in [0.2, 0.25) is 0 Å². The fourth-order valence-corrected chi connectivity index (χ4v) is 2.41. The fourth-order valence-electron chi connectivity index (χ4n) is 2.41. The second kappa shape index (κ2) is 7.03. The minimum Gasteiger partial charge on any atom is -0.374 e. The highest BCUT2D eigenvalue weighted by Gasteiger charge is 2.87. The summed E-state index contributed by atoms with van der Waals surface area (Å²) in [7, 11) is 0.763. The Bertz CT molecular complexity index is 696. The number of hydrogen-bond acceptors (Lipinski definition) is 1. The summed E-state index contributed by atoms with van der Waals surface area (Å²) < 4.78 is 149. The normalized spacial score (nSPS) is 16.8. The highest BCUT2D eigenvalue weighted by Crippen LogP contribution is 2.59. The molecule has 0 aliphatic rings. The molecule has 0 aliphatic carbocycles. The number of ether oxygens (including phenoxy) is 1. The minimum absolute atomic E-state index is 0.198. The lowest BCUT2D eigenvalue weighted by atomic mass is 9.84. The summed E-state index contributed by atoms with van der Waals surface area (Å²) in [6.07, 6.45) is -9.48. The average Bonchev–Trinajstić information content (AvgIpc) is 2.52. The molecule has 0 N–H and O–H groups in total. The van der Waals surface area contributed by atoms with Crippen LogP contribution in [0.4, 0.5) is 48.3 Å². The van der Waals surface area contributed by atoms with E-state index in [-0.39, 0.29) is 5.56 Å². The van der Waals surface area contributed by atoms with Crippen LogP contribution in [0.3, 0.4) is 0 Å². The zero-order valence-electron chi connectivity index (χ0n) is 14.6. The van der Waals surface area contributed by atoms with Gasteiger partial charge in [-0.3, -0.25) is 0 Å². The summed E-state index contributed by atoms with van der Waals surface area (Å²) >= 11 is 0. The van der Waals surface area contributed by atoms with Gasteiger partial charge in [-0.1, -0.05) is 29.8 Å². The van der Waals surface area contributed by atoms with E-state index in [9.17, 15) is 48.3 Å². The maximum absolute atomic E-state index is 14.1. The van der Waals surface area contributed by atoms with Crippen LogP contribution >= 0.6 is 0 Å². The Hall–Kier alpha value is -1.59. The Balaban J connectivity index is 3.43. The first-order valence-corrected chi connectivity index (χ1v) is 7.47. The predicted molar refractivity (Wildman–Crippen MR) is 76.0 cm³/mol. The van der Waals surface area contributed by atoms with Gasteiger partial charge in [-0.25, -0.2) is 0 Å². The molecule has 1 rings (SSSR count). The van der Waals surface area contributed by atoms with Crippen molar-refractivity contribution in [2.24, 2.45) is 0 Å². The smallest absolute Gasteiger partial charge is 0.374 e. The van der Waals surface area contributed by atoms with Crippen molar-refractivity contribution in [3.8, 4) is 0 Å². The molecule has 1 aromatic rings. The van der Waals surface area contributed by atoms with E-state index < -0.39 is 41.9 Å². The molecule has 1 nitrogen and oxygen atoms in total. The molecule has 162 valence electrons. The monoisotopic (exact) mass is 432 g/mol. The standard InChI is InChI=1S/C16H15F11O/c1-9-5-4-6-10(7-9)11(2,28-3)8-12(17,18)13(19,20)14(21,22)15(23,24)16(25,26)27/h4-7H,8H2,1-3H3. The molecule has 28 heavy (non-hydrogen) atoms. The van der Waals surface area contributed by atoms with E-state index >= 15 is 0 Å². The third-order valence-corrected chi connectivity index (χ3v) is 4.24. The summed E-state index contributed by atoms with van der Waals surface area (Å²) in [6, 6.07) is 5.07. The van der Waals surface area contributed by atoms with E-state index in [1.54, 1.807) is 0 Å². The van der Waals surface area contributed by atoms with Crippen LogP contribution in [0.5, 0.6) is 0 Å².